The standard InChI is InChI=1S/C10N6.K/c11-1-6-7(2-12)9(4-14)16-10(5-15)8(6)3-13;. The van der Waals surface area contributed by atoms with E-state index in [1.54, 1.807) is 30.3 Å². The fraction of sp³-hybridized carbons (Fsp3) is 0. The number of hydrogen-bond acceptors (Lipinski definition) is 6. The SMILES string of the molecule is N#Cc1nc(C#N)c(C#N)c(C#N)c1C#N.[K]. The second-order valence-electron chi connectivity index (χ2n) is 2.49. The van der Waals surface area contributed by atoms with Crippen LogP contribution in [0.25, 0.3) is 0 Å². The van der Waals surface area contributed by atoms with Gasteiger partial charge in [0.2, 0.25) is 0 Å². The van der Waals surface area contributed by atoms with E-state index in [0.717, 1.165) is 0 Å². The van der Waals surface area contributed by atoms with Crippen LogP contribution in [-0.2, 0) is 0 Å². The van der Waals surface area contributed by atoms with E-state index in [1.807, 2.05) is 0 Å². The molecule has 0 aliphatic carbocycles. The minimum atomic E-state index is -0.324. The quantitative estimate of drug-likeness (QED) is 0.591. The van der Waals surface area contributed by atoms with Crippen molar-refractivity contribution in [2.75, 3.05) is 0 Å². The summed E-state index contributed by atoms with van der Waals surface area (Å²) in [5.41, 5.74) is -1.49. The molecular formula is C10KN6. The first-order valence-electron chi connectivity index (χ1n) is 3.82. The van der Waals surface area contributed by atoms with Crippen molar-refractivity contribution in [1.29, 1.82) is 26.3 Å². The summed E-state index contributed by atoms with van der Waals surface area (Å²) in [6.45, 7) is 0. The van der Waals surface area contributed by atoms with Gasteiger partial charge >= 0.3 is 0 Å². The smallest absolute Gasteiger partial charge is 0.161 e. The van der Waals surface area contributed by atoms with E-state index in [1.165, 1.54) is 0 Å². The number of aromatic nitrogens is 1. The van der Waals surface area contributed by atoms with Crippen molar-refractivity contribution >= 4 is 51.4 Å². The Bertz CT molecular complexity index is 621. The Morgan fingerprint density at radius 3 is 1.18 bits per heavy atom. The molecule has 0 unspecified atom stereocenters. The fourth-order valence-corrected chi connectivity index (χ4v) is 1.08. The maximum absolute atomic E-state index is 8.80. The average molecular weight is 243 g/mol. The maximum atomic E-state index is 8.80. The minimum absolute atomic E-state index is 0. The van der Waals surface area contributed by atoms with Crippen LogP contribution in [-0.4, -0.2) is 56.4 Å². The molecule has 71 valence electrons. The first-order chi connectivity index (χ1) is 7.73. The Hall–Kier alpha value is -1.76. The molecule has 1 heterocycles. The van der Waals surface area contributed by atoms with Crippen molar-refractivity contribution in [3.63, 3.8) is 0 Å². The Morgan fingerprint density at radius 1 is 0.588 bits per heavy atom. The van der Waals surface area contributed by atoms with Crippen LogP contribution in [0.4, 0.5) is 0 Å². The van der Waals surface area contributed by atoms with Crippen LogP contribution in [0, 0.1) is 56.7 Å². The van der Waals surface area contributed by atoms with Crippen molar-refractivity contribution in [3.05, 3.63) is 28.1 Å². The molecule has 0 spiro atoms. The second kappa shape index (κ2) is 6.74. The van der Waals surface area contributed by atoms with E-state index in [4.69, 9.17) is 26.3 Å². The molecule has 1 aromatic rings. The summed E-state index contributed by atoms with van der Waals surface area (Å²) in [6, 6.07) is 8.08. The summed E-state index contributed by atoms with van der Waals surface area (Å²) in [7, 11) is 0. The van der Waals surface area contributed by atoms with Crippen LogP contribution in [0.2, 0.25) is 0 Å². The second-order valence-corrected chi connectivity index (χ2v) is 2.49. The molecule has 6 nitrogen and oxygen atoms in total. The van der Waals surface area contributed by atoms with Gasteiger partial charge in [-0.15, -0.1) is 0 Å². The predicted octanol–water partition coefficient (Wildman–Crippen LogP) is 0.0592. The molecule has 0 bridgehead atoms. The van der Waals surface area contributed by atoms with Crippen LogP contribution in [0.5, 0.6) is 0 Å². The van der Waals surface area contributed by atoms with Crippen molar-refractivity contribution < 1.29 is 0 Å². The average Bonchev–Trinajstić information content (AvgIpc) is 2.35. The molecule has 0 saturated carbocycles. The molecule has 1 radical (unpaired) electrons. The molecule has 0 aliphatic rings. The van der Waals surface area contributed by atoms with Crippen molar-refractivity contribution in [2.45, 2.75) is 0 Å². The monoisotopic (exact) mass is 243 g/mol. The largest absolute Gasteiger partial charge is 0.223 e. The molecule has 0 aromatic carbocycles. The topological polar surface area (TPSA) is 132 Å². The summed E-state index contributed by atoms with van der Waals surface area (Å²) in [6.07, 6.45) is 0. The van der Waals surface area contributed by atoms with Crippen molar-refractivity contribution in [2.24, 2.45) is 0 Å². The van der Waals surface area contributed by atoms with Gasteiger partial charge in [0.1, 0.15) is 41.5 Å². The zero-order valence-corrected chi connectivity index (χ0v) is 11.8. The van der Waals surface area contributed by atoms with Gasteiger partial charge in [-0.1, -0.05) is 0 Å². The van der Waals surface area contributed by atoms with Gasteiger partial charge < -0.3 is 0 Å². The molecule has 0 aliphatic heterocycles. The van der Waals surface area contributed by atoms with E-state index in [9.17, 15) is 0 Å². The molecule has 17 heavy (non-hydrogen) atoms. The molecule has 0 N–H and O–H groups in total. The van der Waals surface area contributed by atoms with Gasteiger partial charge in [0.05, 0.1) is 5.56 Å². The number of pyridine rings is 1. The van der Waals surface area contributed by atoms with Gasteiger partial charge in [-0.25, -0.2) is 4.98 Å². The molecule has 7 heteroatoms. The number of nitrogens with zero attached hydrogens (tertiary/aromatic N) is 6. The zero-order valence-electron chi connectivity index (χ0n) is 8.68. The van der Waals surface area contributed by atoms with Gasteiger partial charge in [-0.2, -0.15) is 26.3 Å². The summed E-state index contributed by atoms with van der Waals surface area (Å²) in [5.74, 6) is 0. The third-order valence-corrected chi connectivity index (χ3v) is 1.74. The zero-order chi connectivity index (χ0) is 12.1. The fourth-order valence-electron chi connectivity index (χ4n) is 1.08. The van der Waals surface area contributed by atoms with E-state index in [-0.39, 0.29) is 79.5 Å². The normalized spacial score (nSPS) is 7.24. The molecule has 0 saturated heterocycles. The van der Waals surface area contributed by atoms with E-state index in [2.05, 4.69) is 4.98 Å². The Labute approximate surface area is 139 Å². The molecule has 1 rings (SSSR count). The minimum Gasteiger partial charge on any atom is -0.223 e. The van der Waals surface area contributed by atoms with Crippen molar-refractivity contribution in [3.8, 4) is 30.3 Å². The van der Waals surface area contributed by atoms with E-state index >= 15 is 0 Å². The first-order valence-corrected chi connectivity index (χ1v) is 3.82. The predicted molar refractivity (Wildman–Crippen MR) is 53.6 cm³/mol. The molecular weight excluding hydrogens is 243 g/mol. The van der Waals surface area contributed by atoms with Gasteiger partial charge in [-0.3, -0.25) is 0 Å². The summed E-state index contributed by atoms with van der Waals surface area (Å²) < 4.78 is 0. The molecule has 1 aromatic heterocycles. The third-order valence-electron chi connectivity index (χ3n) is 1.74. The van der Waals surface area contributed by atoms with Crippen LogP contribution in [0.1, 0.15) is 28.1 Å². The van der Waals surface area contributed by atoms with E-state index < -0.39 is 0 Å². The van der Waals surface area contributed by atoms with Crippen LogP contribution in [0.15, 0.2) is 0 Å². The van der Waals surface area contributed by atoms with Gasteiger partial charge in [0.25, 0.3) is 0 Å². The van der Waals surface area contributed by atoms with Crippen molar-refractivity contribution in [1.82, 2.24) is 4.98 Å². The van der Waals surface area contributed by atoms with Crippen LogP contribution >= 0.6 is 0 Å². The molecule has 0 fully saturated rings. The Kier molecular flexibility index (Phi) is 6.04. The first kappa shape index (κ1) is 15.2. The summed E-state index contributed by atoms with van der Waals surface area (Å²) in [4.78, 5) is 3.54. The van der Waals surface area contributed by atoms with Gasteiger partial charge in [0, 0.05) is 51.4 Å². The number of nitriles is 5. The third kappa shape index (κ3) is 2.67. The summed E-state index contributed by atoms with van der Waals surface area (Å²) in [5, 5.41) is 43.7. The van der Waals surface area contributed by atoms with Crippen LogP contribution in [0.3, 0.4) is 0 Å². The Morgan fingerprint density at radius 2 is 0.941 bits per heavy atom. The number of rotatable bonds is 0. The Balaban J connectivity index is 0.00000256. The molecule has 0 amide bonds. The molecule has 0 atom stereocenters. The number of hydrogen-bond donors (Lipinski definition) is 0. The van der Waals surface area contributed by atoms with E-state index in [0.29, 0.717) is 0 Å². The van der Waals surface area contributed by atoms with Crippen LogP contribution < -0.4 is 0 Å². The summed E-state index contributed by atoms with van der Waals surface area (Å²) >= 11 is 0. The maximum Gasteiger partial charge on any atom is 0.161 e. The van der Waals surface area contributed by atoms with Gasteiger partial charge in [0.15, 0.2) is 11.4 Å². The van der Waals surface area contributed by atoms with Gasteiger partial charge in [-0.05, 0) is 0 Å².